The quantitative estimate of drug-likeness (QED) is 0.675. The van der Waals surface area contributed by atoms with E-state index in [9.17, 15) is 13.2 Å². The fourth-order valence-corrected chi connectivity index (χ4v) is 3.26. The Morgan fingerprint density at radius 1 is 1.35 bits per heavy atom. The number of carbonyl (C=O) groups is 1. The molecule has 1 saturated heterocycles. The zero-order valence-corrected chi connectivity index (χ0v) is 18.0. The van der Waals surface area contributed by atoms with Gasteiger partial charge in [0.2, 0.25) is 0 Å². The number of ether oxygens (including phenoxy) is 2. The van der Waals surface area contributed by atoms with Crippen molar-refractivity contribution in [2.24, 2.45) is 0 Å². The van der Waals surface area contributed by atoms with Crippen molar-refractivity contribution in [2.45, 2.75) is 38.6 Å². The zero-order valence-electron chi connectivity index (χ0n) is 17.2. The average molecular weight is 464 g/mol. The van der Waals surface area contributed by atoms with Crippen LogP contribution in [0.2, 0.25) is 5.02 Å². The molecule has 0 spiro atoms. The fraction of sp³-hybridized carbons (Fsp3) is 0.500. The Morgan fingerprint density at radius 3 is 2.58 bits per heavy atom. The summed E-state index contributed by atoms with van der Waals surface area (Å²) in [7, 11) is 1.69. The van der Waals surface area contributed by atoms with Gasteiger partial charge in [-0.15, -0.1) is 0 Å². The van der Waals surface area contributed by atoms with E-state index in [0.29, 0.717) is 11.6 Å². The number of methoxy groups -OCH3 is 1. The van der Waals surface area contributed by atoms with E-state index in [-0.39, 0.29) is 6.10 Å². The number of aliphatic carboxylic acids is 1. The largest absolute Gasteiger partial charge is 0.490 e. The third kappa shape index (κ3) is 7.71. The molecule has 1 fully saturated rings. The molecule has 1 aliphatic heterocycles. The van der Waals surface area contributed by atoms with Crippen molar-refractivity contribution in [1.82, 2.24) is 15.1 Å². The lowest BCUT2D eigenvalue weighted by molar-refractivity contribution is -0.192. The predicted molar refractivity (Wildman–Crippen MR) is 109 cm³/mol. The number of piperidine rings is 1. The van der Waals surface area contributed by atoms with Crippen LogP contribution in [-0.4, -0.2) is 59.9 Å². The zero-order chi connectivity index (χ0) is 23.0. The number of alkyl halides is 3. The minimum Gasteiger partial charge on any atom is -0.489 e. The molecule has 2 heterocycles. The summed E-state index contributed by atoms with van der Waals surface area (Å²) in [6, 6.07) is 3.92. The fourth-order valence-electron chi connectivity index (χ4n) is 2.99. The maximum atomic E-state index is 10.6. The first-order valence-electron chi connectivity index (χ1n) is 9.61. The van der Waals surface area contributed by atoms with E-state index in [0.717, 1.165) is 54.9 Å². The molecule has 3 rings (SSSR count). The molecule has 1 aliphatic rings. The molecule has 0 saturated carbocycles. The summed E-state index contributed by atoms with van der Waals surface area (Å²) < 4.78 is 45.1. The summed E-state index contributed by atoms with van der Waals surface area (Å²) in [6.07, 6.45) is 1.08. The van der Waals surface area contributed by atoms with E-state index in [4.69, 9.17) is 31.0 Å². The van der Waals surface area contributed by atoms with Crippen molar-refractivity contribution in [3.05, 3.63) is 35.1 Å². The molecule has 0 bridgehead atoms. The van der Waals surface area contributed by atoms with Crippen molar-refractivity contribution in [1.29, 1.82) is 0 Å². The van der Waals surface area contributed by atoms with Crippen LogP contribution in [0.3, 0.4) is 0 Å². The summed E-state index contributed by atoms with van der Waals surface area (Å²) in [6.45, 7) is 5.40. The summed E-state index contributed by atoms with van der Waals surface area (Å²) >= 11 is 6.29. The van der Waals surface area contributed by atoms with Gasteiger partial charge in [0.1, 0.15) is 11.9 Å². The highest BCUT2D eigenvalue weighted by Crippen LogP contribution is 2.37. The molecule has 0 radical (unpaired) electrons. The number of hydrogen-bond acceptors (Lipinski definition) is 5. The van der Waals surface area contributed by atoms with E-state index in [2.05, 4.69) is 10.4 Å². The van der Waals surface area contributed by atoms with Crippen LogP contribution < -0.4 is 10.1 Å². The monoisotopic (exact) mass is 463 g/mol. The van der Waals surface area contributed by atoms with Gasteiger partial charge in [0.05, 0.1) is 19.3 Å². The molecular weight excluding hydrogens is 439 g/mol. The topological polar surface area (TPSA) is 85.6 Å². The lowest BCUT2D eigenvalue weighted by atomic mass is 10.0. The highest BCUT2D eigenvalue weighted by atomic mass is 35.5. The molecule has 11 heteroatoms. The number of aromatic nitrogens is 2. The number of aryl methyl sites for hydroxylation is 1. The number of halogens is 4. The third-order valence-electron chi connectivity index (χ3n) is 4.52. The van der Waals surface area contributed by atoms with Gasteiger partial charge in [-0.1, -0.05) is 11.6 Å². The third-order valence-corrected chi connectivity index (χ3v) is 4.74. The van der Waals surface area contributed by atoms with E-state index >= 15 is 0 Å². The van der Waals surface area contributed by atoms with Crippen molar-refractivity contribution in [2.75, 3.05) is 26.8 Å². The smallest absolute Gasteiger partial charge is 0.489 e. The Balaban J connectivity index is 0.000000423. The van der Waals surface area contributed by atoms with Crippen molar-refractivity contribution in [3.8, 4) is 16.9 Å². The van der Waals surface area contributed by atoms with Crippen LogP contribution in [0.1, 0.15) is 18.4 Å². The predicted octanol–water partition coefficient (Wildman–Crippen LogP) is 3.92. The van der Waals surface area contributed by atoms with Gasteiger partial charge in [0, 0.05) is 29.5 Å². The van der Waals surface area contributed by atoms with Crippen LogP contribution in [0.5, 0.6) is 5.75 Å². The van der Waals surface area contributed by atoms with Crippen molar-refractivity contribution >= 4 is 17.6 Å². The normalized spacial score (nSPS) is 14.6. The Bertz CT molecular complexity index is 868. The molecule has 172 valence electrons. The minimum absolute atomic E-state index is 0.244. The second-order valence-corrected chi connectivity index (χ2v) is 7.39. The number of rotatable bonds is 6. The molecule has 0 atom stereocenters. The lowest BCUT2D eigenvalue weighted by Crippen LogP contribution is -2.34. The maximum Gasteiger partial charge on any atom is 0.490 e. The van der Waals surface area contributed by atoms with Crippen LogP contribution >= 0.6 is 11.6 Å². The van der Waals surface area contributed by atoms with Crippen LogP contribution in [0, 0.1) is 6.92 Å². The molecule has 31 heavy (non-hydrogen) atoms. The second kappa shape index (κ2) is 11.4. The van der Waals surface area contributed by atoms with Gasteiger partial charge in [-0.2, -0.15) is 18.3 Å². The van der Waals surface area contributed by atoms with Crippen molar-refractivity contribution in [3.63, 3.8) is 0 Å². The Labute approximate surface area is 183 Å². The standard InChI is InChI=1S/C18H24ClN3O2.C2HF3O2/c1-13-9-15(19)10-17(14-11-21-22(12-14)7-8-23-2)18(13)24-16-3-5-20-6-4-16;3-2(4,5)1(6)7/h9-12,16,20H,3-8H2,1-2H3;(H,6,7). The van der Waals surface area contributed by atoms with Crippen molar-refractivity contribution < 1.29 is 32.5 Å². The van der Waals surface area contributed by atoms with Gasteiger partial charge >= 0.3 is 12.1 Å². The molecule has 7 nitrogen and oxygen atoms in total. The first-order chi connectivity index (χ1) is 14.6. The van der Waals surface area contributed by atoms with Crippen LogP contribution in [-0.2, 0) is 16.1 Å². The highest BCUT2D eigenvalue weighted by Gasteiger charge is 2.38. The van der Waals surface area contributed by atoms with Gasteiger partial charge in [0.25, 0.3) is 0 Å². The molecule has 0 amide bonds. The van der Waals surface area contributed by atoms with E-state index in [1.54, 1.807) is 7.11 Å². The number of nitrogens with one attached hydrogen (secondary N) is 1. The number of benzene rings is 1. The highest BCUT2D eigenvalue weighted by molar-refractivity contribution is 6.31. The van der Waals surface area contributed by atoms with E-state index in [1.807, 2.05) is 36.1 Å². The van der Waals surface area contributed by atoms with Gasteiger partial charge in [-0.3, -0.25) is 4.68 Å². The van der Waals surface area contributed by atoms with E-state index < -0.39 is 12.1 Å². The Kier molecular flexibility index (Phi) is 9.15. The molecule has 0 aliphatic carbocycles. The second-order valence-electron chi connectivity index (χ2n) is 6.95. The van der Waals surface area contributed by atoms with Crippen LogP contribution in [0.25, 0.3) is 11.1 Å². The van der Waals surface area contributed by atoms with E-state index in [1.165, 1.54) is 0 Å². The number of nitrogens with zero attached hydrogens (tertiary/aromatic N) is 2. The summed E-state index contributed by atoms with van der Waals surface area (Å²) in [4.78, 5) is 8.90. The Hall–Kier alpha value is -2.30. The van der Waals surface area contributed by atoms with Gasteiger partial charge < -0.3 is 19.9 Å². The first kappa shape index (κ1) is 25.0. The Morgan fingerprint density at radius 2 is 2.00 bits per heavy atom. The first-order valence-corrected chi connectivity index (χ1v) is 9.99. The van der Waals surface area contributed by atoms with Gasteiger partial charge in [-0.25, -0.2) is 4.79 Å². The maximum absolute atomic E-state index is 10.6. The summed E-state index contributed by atoms with van der Waals surface area (Å²) in [5.74, 6) is -1.84. The summed E-state index contributed by atoms with van der Waals surface area (Å²) in [5.41, 5.74) is 3.07. The molecule has 1 aromatic carbocycles. The average Bonchev–Trinajstić information content (AvgIpc) is 3.17. The molecular formula is C20H25ClF3N3O4. The van der Waals surface area contributed by atoms with Crippen LogP contribution in [0.15, 0.2) is 24.5 Å². The number of hydrogen-bond donors (Lipinski definition) is 2. The number of carboxylic acids is 1. The molecule has 0 unspecified atom stereocenters. The molecule has 2 N–H and O–H groups in total. The molecule has 1 aromatic heterocycles. The minimum atomic E-state index is -5.08. The van der Waals surface area contributed by atoms with Crippen LogP contribution in [0.4, 0.5) is 13.2 Å². The van der Waals surface area contributed by atoms with Gasteiger partial charge in [-0.05, 0) is 50.6 Å². The molecule has 2 aromatic rings. The SMILES string of the molecule is COCCn1cc(-c2cc(Cl)cc(C)c2OC2CCNCC2)cn1.O=C(O)C(F)(F)F. The lowest BCUT2D eigenvalue weighted by Gasteiger charge is -2.26. The summed E-state index contributed by atoms with van der Waals surface area (Å²) in [5, 5.41) is 15.6. The van der Waals surface area contributed by atoms with Gasteiger partial charge in [0.15, 0.2) is 0 Å². The number of carboxylic acid groups (broad SMARTS) is 1.